The van der Waals surface area contributed by atoms with Gasteiger partial charge < -0.3 is 9.72 Å². The van der Waals surface area contributed by atoms with Gasteiger partial charge >= 0.3 is 0 Å². The van der Waals surface area contributed by atoms with Crippen LogP contribution in [0.15, 0.2) is 22.8 Å². The zero-order chi connectivity index (χ0) is 10.8. The van der Waals surface area contributed by atoms with Crippen molar-refractivity contribution in [2.75, 3.05) is 7.11 Å². The smallest absolute Gasteiger partial charge is 0.122 e. The average molecular weight is 265 g/mol. The highest BCUT2D eigenvalue weighted by Gasteiger charge is 2.08. The van der Waals surface area contributed by atoms with Crippen molar-refractivity contribution >= 4 is 26.8 Å². The number of hydrogen-bond donors (Lipinski definition) is 1. The quantitative estimate of drug-likeness (QED) is 0.907. The van der Waals surface area contributed by atoms with Gasteiger partial charge in [0.05, 0.1) is 25.1 Å². The number of benzene rings is 1. The van der Waals surface area contributed by atoms with Crippen LogP contribution in [-0.4, -0.2) is 12.1 Å². The number of nitrogens with zero attached hydrogens (tertiary/aromatic N) is 1. The predicted octanol–water partition coefficient (Wildman–Crippen LogP) is 3.01. The molecule has 4 heteroatoms. The summed E-state index contributed by atoms with van der Waals surface area (Å²) in [5.41, 5.74) is 1.98. The molecule has 0 unspecified atom stereocenters. The first-order valence-corrected chi connectivity index (χ1v) is 5.26. The lowest BCUT2D eigenvalue weighted by Crippen LogP contribution is -1.84. The van der Waals surface area contributed by atoms with Crippen LogP contribution in [0.2, 0.25) is 0 Å². The zero-order valence-electron chi connectivity index (χ0n) is 8.17. The monoisotopic (exact) mass is 264 g/mol. The molecule has 0 saturated heterocycles. The molecule has 0 aliphatic carbocycles. The van der Waals surface area contributed by atoms with E-state index in [2.05, 4.69) is 27.0 Å². The number of nitriles is 1. The van der Waals surface area contributed by atoms with Crippen LogP contribution in [0.1, 0.15) is 5.56 Å². The lowest BCUT2D eigenvalue weighted by molar-refractivity contribution is 0.415. The van der Waals surface area contributed by atoms with Gasteiger partial charge in [0.2, 0.25) is 0 Å². The van der Waals surface area contributed by atoms with Crippen molar-refractivity contribution in [2.45, 2.75) is 6.42 Å². The molecular weight excluding hydrogens is 256 g/mol. The SMILES string of the molecule is COc1cc(Br)c2c(CC#N)c[nH]c2c1. The Morgan fingerprint density at radius 3 is 3.00 bits per heavy atom. The van der Waals surface area contributed by atoms with Crippen LogP contribution in [0.5, 0.6) is 5.75 Å². The van der Waals surface area contributed by atoms with Gasteiger partial charge in [-0.1, -0.05) is 0 Å². The predicted molar refractivity (Wildman–Crippen MR) is 61.9 cm³/mol. The maximum Gasteiger partial charge on any atom is 0.122 e. The number of nitrogens with one attached hydrogen (secondary N) is 1. The minimum absolute atomic E-state index is 0.408. The van der Waals surface area contributed by atoms with Crippen LogP contribution >= 0.6 is 15.9 Å². The number of halogens is 1. The van der Waals surface area contributed by atoms with Gasteiger partial charge in [-0.3, -0.25) is 0 Å². The maximum absolute atomic E-state index is 8.69. The van der Waals surface area contributed by atoms with Gasteiger partial charge in [0.15, 0.2) is 0 Å². The summed E-state index contributed by atoms with van der Waals surface area (Å²) in [6, 6.07) is 5.96. The topological polar surface area (TPSA) is 48.8 Å². The van der Waals surface area contributed by atoms with E-state index in [-0.39, 0.29) is 0 Å². The third-order valence-electron chi connectivity index (χ3n) is 2.29. The van der Waals surface area contributed by atoms with E-state index in [1.54, 1.807) is 7.11 Å². The summed E-state index contributed by atoms with van der Waals surface area (Å²) in [5.74, 6) is 0.791. The summed E-state index contributed by atoms with van der Waals surface area (Å²) >= 11 is 3.48. The Kier molecular flexibility index (Phi) is 2.65. The number of fused-ring (bicyclic) bond motifs is 1. The average Bonchev–Trinajstić information content (AvgIpc) is 2.62. The summed E-state index contributed by atoms with van der Waals surface area (Å²) in [4.78, 5) is 3.13. The van der Waals surface area contributed by atoms with Gasteiger partial charge in [0, 0.05) is 22.1 Å². The number of methoxy groups -OCH3 is 1. The second-order valence-electron chi connectivity index (χ2n) is 3.18. The molecule has 2 aromatic rings. The van der Waals surface area contributed by atoms with Gasteiger partial charge in [0.1, 0.15) is 5.75 Å². The van der Waals surface area contributed by atoms with Crippen molar-refractivity contribution in [1.29, 1.82) is 5.26 Å². The third-order valence-corrected chi connectivity index (χ3v) is 2.92. The number of aromatic nitrogens is 1. The molecule has 1 heterocycles. The van der Waals surface area contributed by atoms with Gasteiger partial charge in [-0.15, -0.1) is 0 Å². The minimum atomic E-state index is 0.408. The fourth-order valence-corrected chi connectivity index (χ4v) is 2.30. The van der Waals surface area contributed by atoms with Crippen LogP contribution in [0.4, 0.5) is 0 Å². The molecule has 0 fully saturated rings. The van der Waals surface area contributed by atoms with Gasteiger partial charge in [-0.2, -0.15) is 5.26 Å². The maximum atomic E-state index is 8.69. The Bertz CT molecular complexity index is 539. The van der Waals surface area contributed by atoms with Crippen molar-refractivity contribution in [2.24, 2.45) is 0 Å². The van der Waals surface area contributed by atoms with Gasteiger partial charge in [-0.25, -0.2) is 0 Å². The Morgan fingerprint density at radius 2 is 2.33 bits per heavy atom. The zero-order valence-corrected chi connectivity index (χ0v) is 9.76. The summed E-state index contributed by atoms with van der Waals surface area (Å²) in [6.45, 7) is 0. The molecule has 0 radical (unpaired) electrons. The lowest BCUT2D eigenvalue weighted by Gasteiger charge is -2.02. The second-order valence-corrected chi connectivity index (χ2v) is 4.03. The molecule has 15 heavy (non-hydrogen) atoms. The number of ether oxygens (including phenoxy) is 1. The minimum Gasteiger partial charge on any atom is -0.497 e. The number of H-pyrrole nitrogens is 1. The highest BCUT2D eigenvalue weighted by Crippen LogP contribution is 2.31. The van der Waals surface area contributed by atoms with Crippen molar-refractivity contribution in [3.63, 3.8) is 0 Å². The molecule has 0 saturated carbocycles. The van der Waals surface area contributed by atoms with Crippen molar-refractivity contribution < 1.29 is 4.74 Å². The number of hydrogen-bond acceptors (Lipinski definition) is 2. The largest absolute Gasteiger partial charge is 0.497 e. The first-order chi connectivity index (χ1) is 7.26. The first kappa shape index (κ1) is 10.1. The summed E-state index contributed by atoms with van der Waals surface area (Å²) in [6.07, 6.45) is 2.27. The van der Waals surface area contributed by atoms with Crippen LogP contribution in [0, 0.1) is 11.3 Å². The molecule has 2 rings (SSSR count). The molecule has 1 N–H and O–H groups in total. The molecule has 1 aromatic carbocycles. The molecule has 0 spiro atoms. The highest BCUT2D eigenvalue weighted by atomic mass is 79.9. The van der Waals surface area contributed by atoms with Crippen LogP contribution in [0.25, 0.3) is 10.9 Å². The van der Waals surface area contributed by atoms with E-state index in [0.29, 0.717) is 6.42 Å². The Hall–Kier alpha value is -1.47. The Labute approximate surface area is 95.8 Å². The standard InChI is InChI=1S/C11H9BrN2O/c1-15-8-4-9(12)11-7(2-3-13)6-14-10(11)5-8/h4-6,14H,2H2,1H3. The fourth-order valence-electron chi connectivity index (χ4n) is 1.60. The van der Waals surface area contributed by atoms with Crippen molar-refractivity contribution in [3.8, 4) is 11.8 Å². The first-order valence-electron chi connectivity index (χ1n) is 4.46. The van der Waals surface area contributed by atoms with Gasteiger partial charge in [-0.05, 0) is 27.6 Å². The highest BCUT2D eigenvalue weighted by molar-refractivity contribution is 9.10. The molecule has 0 atom stereocenters. The fraction of sp³-hybridized carbons (Fsp3) is 0.182. The normalized spacial score (nSPS) is 10.2. The van der Waals surface area contributed by atoms with E-state index < -0.39 is 0 Å². The lowest BCUT2D eigenvalue weighted by atomic mass is 10.1. The summed E-state index contributed by atoms with van der Waals surface area (Å²) in [7, 11) is 1.63. The molecule has 0 aliphatic heterocycles. The van der Waals surface area contributed by atoms with Gasteiger partial charge in [0.25, 0.3) is 0 Å². The van der Waals surface area contributed by atoms with Crippen LogP contribution in [-0.2, 0) is 6.42 Å². The van der Waals surface area contributed by atoms with E-state index in [1.165, 1.54) is 0 Å². The molecule has 0 bridgehead atoms. The summed E-state index contributed by atoms with van der Waals surface area (Å²) < 4.78 is 6.10. The Balaban J connectivity index is 2.67. The van der Waals surface area contributed by atoms with E-state index in [0.717, 1.165) is 26.7 Å². The van der Waals surface area contributed by atoms with Crippen molar-refractivity contribution in [3.05, 3.63) is 28.4 Å². The Morgan fingerprint density at radius 1 is 1.53 bits per heavy atom. The van der Waals surface area contributed by atoms with Crippen LogP contribution < -0.4 is 4.74 Å². The van der Waals surface area contributed by atoms with E-state index >= 15 is 0 Å². The summed E-state index contributed by atoms with van der Waals surface area (Å²) in [5, 5.41) is 9.74. The molecule has 0 amide bonds. The second kappa shape index (κ2) is 3.95. The number of rotatable bonds is 2. The van der Waals surface area contributed by atoms with Crippen molar-refractivity contribution in [1.82, 2.24) is 4.98 Å². The van der Waals surface area contributed by atoms with Crippen LogP contribution in [0.3, 0.4) is 0 Å². The number of aromatic amines is 1. The molecule has 76 valence electrons. The van der Waals surface area contributed by atoms with E-state index in [4.69, 9.17) is 10.00 Å². The molecule has 1 aromatic heterocycles. The molecule has 3 nitrogen and oxygen atoms in total. The molecular formula is C11H9BrN2O. The molecule has 0 aliphatic rings. The van der Waals surface area contributed by atoms with E-state index in [9.17, 15) is 0 Å². The third kappa shape index (κ3) is 1.71. The van der Waals surface area contributed by atoms with E-state index in [1.807, 2.05) is 18.3 Å².